The maximum atomic E-state index is 11.4. The summed E-state index contributed by atoms with van der Waals surface area (Å²) in [6.07, 6.45) is 7.74. The second-order valence-corrected chi connectivity index (χ2v) is 11.2. The minimum absolute atomic E-state index is 0.167. The molecule has 0 saturated heterocycles. The number of aromatic nitrogens is 2. The van der Waals surface area contributed by atoms with Gasteiger partial charge in [0.2, 0.25) is 0 Å². The summed E-state index contributed by atoms with van der Waals surface area (Å²) in [5.74, 6) is 1.06. The Morgan fingerprint density at radius 2 is 1.30 bits per heavy atom. The van der Waals surface area contributed by atoms with E-state index in [1.165, 1.54) is 43.8 Å². The van der Waals surface area contributed by atoms with E-state index >= 15 is 0 Å². The van der Waals surface area contributed by atoms with Crippen LogP contribution < -0.4 is 10.1 Å². The van der Waals surface area contributed by atoms with Gasteiger partial charge in [0.25, 0.3) is 0 Å². The van der Waals surface area contributed by atoms with Crippen molar-refractivity contribution in [2.45, 2.75) is 18.9 Å². The van der Waals surface area contributed by atoms with Crippen molar-refractivity contribution in [3.8, 4) is 22.3 Å². The molecule has 0 radical (unpaired) electrons. The predicted octanol–water partition coefficient (Wildman–Crippen LogP) is 8.82. The van der Waals surface area contributed by atoms with Crippen molar-refractivity contribution >= 4 is 38.2 Å². The van der Waals surface area contributed by atoms with Gasteiger partial charge in [-0.15, -0.1) is 6.61 Å². The van der Waals surface area contributed by atoms with Crippen molar-refractivity contribution in [3.05, 3.63) is 157 Å². The van der Waals surface area contributed by atoms with Gasteiger partial charge in [-0.1, -0.05) is 151 Å². The molecule has 8 rings (SSSR count). The number of para-hydroxylation sites is 2. The molecule has 0 aliphatic heterocycles. The third-order valence-corrected chi connectivity index (χ3v) is 8.60. The lowest BCUT2D eigenvalue weighted by atomic mass is 9.83. The predicted molar refractivity (Wildman–Crippen MR) is 176 cm³/mol. The normalized spacial score (nSPS) is 14.9. The Morgan fingerprint density at radius 1 is 0.651 bits per heavy atom. The number of imidazole rings is 1. The first-order valence-corrected chi connectivity index (χ1v) is 14.8. The monoisotopic (exact) mass is 552 g/mol. The molecule has 0 spiro atoms. The van der Waals surface area contributed by atoms with E-state index in [4.69, 9.17) is 9.97 Å². The van der Waals surface area contributed by atoms with Crippen LogP contribution in [-0.2, 0) is 6.61 Å². The van der Waals surface area contributed by atoms with E-state index in [0.29, 0.717) is 0 Å². The highest BCUT2D eigenvalue weighted by Gasteiger charge is 2.19. The highest BCUT2D eigenvalue weighted by molar-refractivity contribution is 6.19. The highest BCUT2D eigenvalue weighted by Crippen LogP contribution is 2.43. The van der Waals surface area contributed by atoms with Crippen molar-refractivity contribution in [1.82, 2.24) is 9.97 Å². The molecule has 1 heterocycles. The summed E-state index contributed by atoms with van der Waals surface area (Å²) in [5, 5.41) is 16.4. The van der Waals surface area contributed by atoms with Gasteiger partial charge in [0, 0.05) is 0 Å². The molecule has 0 fully saturated rings. The summed E-state index contributed by atoms with van der Waals surface area (Å²) in [6.45, 7) is -0.207. The number of nitrogens with zero attached hydrogens (tertiary/aromatic N) is 2. The number of rotatable bonds is 5. The van der Waals surface area contributed by atoms with Gasteiger partial charge in [0.15, 0.2) is 0 Å². The fraction of sp³-hybridized carbons (Fsp3) is 0.0750. The maximum Gasteiger partial charge on any atom is -0.00216 e. The number of hydrogen-bond acceptors (Lipinski definition) is 2. The van der Waals surface area contributed by atoms with Crippen LogP contribution in [0.1, 0.15) is 29.3 Å². The van der Waals surface area contributed by atoms with Crippen LogP contribution in [0, 0.1) is 0 Å². The molecule has 0 N–H and O–H groups in total. The van der Waals surface area contributed by atoms with Gasteiger partial charge in [-0.2, -0.15) is 0 Å². The van der Waals surface area contributed by atoms with E-state index < -0.39 is 0 Å². The summed E-state index contributed by atoms with van der Waals surface area (Å²) in [6, 6.07) is 42.2. The maximum absolute atomic E-state index is 11.4. The molecule has 0 bridgehead atoms. The lowest BCUT2D eigenvalue weighted by Gasteiger charge is -2.22. The number of fused-ring (bicyclic) bond motifs is 3. The minimum Gasteiger partial charge on any atom is -0.851 e. The first-order chi connectivity index (χ1) is 21.3. The molecule has 1 aliphatic rings. The first-order valence-electron chi connectivity index (χ1n) is 14.8. The average Bonchev–Trinajstić information content (AvgIpc) is 3.52. The van der Waals surface area contributed by atoms with Crippen molar-refractivity contribution < 1.29 is 5.11 Å². The fourth-order valence-corrected chi connectivity index (χ4v) is 6.51. The van der Waals surface area contributed by atoms with E-state index in [-0.39, 0.29) is 12.5 Å². The molecule has 7 aromatic rings. The van der Waals surface area contributed by atoms with Crippen molar-refractivity contribution in [2.24, 2.45) is 0 Å². The standard InChI is InChI=1S/C40H28N2O/c43-25-26-8-7-9-31(24-26)27-16-18-28(19-17-27)38-32-10-1-3-12-34(32)39(35-13-4-2-11-33(35)38)29-20-22-30(23-21-29)40-41-36-14-5-6-15-37(36)42-40/h1-22,24,30H,23,25H2/q-2. The quantitative estimate of drug-likeness (QED) is 0.201. The Balaban J connectivity index is 1.22. The molecule has 1 aromatic heterocycles. The van der Waals surface area contributed by atoms with Crippen molar-refractivity contribution in [3.63, 3.8) is 0 Å². The molecular weight excluding hydrogens is 524 g/mol. The zero-order chi connectivity index (χ0) is 28.8. The van der Waals surface area contributed by atoms with E-state index in [2.05, 4.69) is 97.1 Å². The smallest absolute Gasteiger partial charge is 0.00216 e. The summed E-state index contributed by atoms with van der Waals surface area (Å²) < 4.78 is 0. The fourth-order valence-electron chi connectivity index (χ4n) is 6.51. The summed E-state index contributed by atoms with van der Waals surface area (Å²) >= 11 is 0. The van der Waals surface area contributed by atoms with Gasteiger partial charge in [0.1, 0.15) is 0 Å². The molecule has 1 unspecified atom stereocenters. The Kier molecular flexibility index (Phi) is 6.24. The number of allylic oxidation sites excluding steroid dienone is 4. The van der Waals surface area contributed by atoms with Crippen LogP contribution in [0.5, 0.6) is 0 Å². The average molecular weight is 553 g/mol. The van der Waals surface area contributed by atoms with Gasteiger partial charge in [-0.3, -0.25) is 0 Å². The van der Waals surface area contributed by atoms with Gasteiger partial charge >= 0.3 is 0 Å². The SMILES string of the molecule is [O-]Cc1cccc(-c2ccc(-c3c4ccccc4c(C4=CCC(c5nc6ccccc6[n-]5)C=C4)c4ccccc34)cc2)c1. The molecule has 1 aliphatic carbocycles. The van der Waals surface area contributed by atoms with E-state index in [1.54, 1.807) is 0 Å². The summed E-state index contributed by atoms with van der Waals surface area (Å²) in [7, 11) is 0. The molecule has 6 aromatic carbocycles. The Morgan fingerprint density at radius 3 is 1.95 bits per heavy atom. The zero-order valence-corrected chi connectivity index (χ0v) is 23.6. The second kappa shape index (κ2) is 10.5. The van der Waals surface area contributed by atoms with Crippen LogP contribution in [0.3, 0.4) is 0 Å². The highest BCUT2D eigenvalue weighted by atomic mass is 16.3. The van der Waals surface area contributed by atoms with Crippen LogP contribution in [-0.4, -0.2) is 4.98 Å². The molecule has 0 saturated carbocycles. The molecule has 1 atom stereocenters. The van der Waals surface area contributed by atoms with Gasteiger partial charge < -0.3 is 15.1 Å². The molecule has 206 valence electrons. The zero-order valence-electron chi connectivity index (χ0n) is 23.6. The number of benzene rings is 6. The second-order valence-electron chi connectivity index (χ2n) is 11.2. The van der Waals surface area contributed by atoms with Crippen LogP contribution in [0.25, 0.3) is 60.4 Å². The summed E-state index contributed by atoms with van der Waals surface area (Å²) in [5.41, 5.74) is 9.82. The minimum atomic E-state index is -0.207. The third kappa shape index (κ3) is 4.46. The molecular formula is C40H28N2O-2. The Hall–Kier alpha value is -5.25. The topological polar surface area (TPSA) is 50.1 Å². The van der Waals surface area contributed by atoms with Gasteiger partial charge in [-0.25, -0.2) is 0 Å². The Bertz CT molecular complexity index is 2110. The lowest BCUT2D eigenvalue weighted by Crippen LogP contribution is -2.02. The molecule has 3 heteroatoms. The molecule has 0 amide bonds. The lowest BCUT2D eigenvalue weighted by molar-refractivity contribution is -0.386. The van der Waals surface area contributed by atoms with Crippen LogP contribution in [0.15, 0.2) is 140 Å². The van der Waals surface area contributed by atoms with Crippen LogP contribution in [0.2, 0.25) is 0 Å². The van der Waals surface area contributed by atoms with E-state index in [0.717, 1.165) is 40.0 Å². The molecule has 43 heavy (non-hydrogen) atoms. The van der Waals surface area contributed by atoms with Crippen LogP contribution >= 0.6 is 0 Å². The van der Waals surface area contributed by atoms with E-state index in [9.17, 15) is 5.11 Å². The van der Waals surface area contributed by atoms with Crippen molar-refractivity contribution in [1.29, 1.82) is 0 Å². The van der Waals surface area contributed by atoms with Crippen molar-refractivity contribution in [2.75, 3.05) is 0 Å². The van der Waals surface area contributed by atoms with Crippen LogP contribution in [0.4, 0.5) is 0 Å². The van der Waals surface area contributed by atoms with Gasteiger partial charge in [0.05, 0.1) is 0 Å². The largest absolute Gasteiger partial charge is 0.851 e. The summed E-state index contributed by atoms with van der Waals surface area (Å²) in [4.78, 5) is 9.62. The van der Waals surface area contributed by atoms with Gasteiger partial charge in [-0.05, 0) is 78.3 Å². The van der Waals surface area contributed by atoms with E-state index in [1.807, 2.05) is 42.5 Å². The molecule has 3 nitrogen and oxygen atoms in total. The third-order valence-electron chi connectivity index (χ3n) is 8.60. The Labute approximate surface area is 250 Å². The first kappa shape index (κ1) is 25.5. The number of hydrogen-bond donors (Lipinski definition) is 0.